The second-order valence-electron chi connectivity index (χ2n) is 5.31. The first-order chi connectivity index (χ1) is 11.5. The van der Waals surface area contributed by atoms with Crippen LogP contribution in [0, 0.1) is 0 Å². The van der Waals surface area contributed by atoms with Gasteiger partial charge < -0.3 is 15.6 Å². The maximum Gasteiger partial charge on any atom is 0.322 e. The summed E-state index contributed by atoms with van der Waals surface area (Å²) in [5.41, 5.74) is 7.43. The number of nitrogens with one attached hydrogen (secondary N) is 2. The fourth-order valence-corrected chi connectivity index (χ4v) is 2.68. The molecule has 2 aromatic carbocycles. The Bertz CT molecular complexity index is 706. The predicted octanol–water partition coefficient (Wildman–Crippen LogP) is 3.50. The normalized spacial score (nSPS) is 13.1. The standard InChI is InChI=1S/C18H19BrN2O3/c1-12(17(22)14-9-5-6-10-15(14)19)11-16(18(23)24)21-20-13-7-3-2-4-8-13/h2-10,16-17,20-22H,1,11H2,(H,23,24). The number of carboxylic acids is 1. The molecule has 126 valence electrons. The van der Waals surface area contributed by atoms with E-state index in [1.54, 1.807) is 12.1 Å². The molecule has 0 spiro atoms. The van der Waals surface area contributed by atoms with Crippen molar-refractivity contribution >= 4 is 27.6 Å². The molecule has 2 unspecified atom stereocenters. The summed E-state index contributed by atoms with van der Waals surface area (Å²) in [4.78, 5) is 11.4. The third-order valence-corrected chi connectivity index (χ3v) is 4.24. The molecule has 0 saturated carbocycles. The van der Waals surface area contributed by atoms with Crippen LogP contribution in [0.1, 0.15) is 18.1 Å². The highest BCUT2D eigenvalue weighted by atomic mass is 79.9. The van der Waals surface area contributed by atoms with Crippen LogP contribution in [-0.2, 0) is 4.79 Å². The predicted molar refractivity (Wildman–Crippen MR) is 97.5 cm³/mol. The van der Waals surface area contributed by atoms with E-state index < -0.39 is 18.1 Å². The van der Waals surface area contributed by atoms with Crippen molar-refractivity contribution in [2.75, 3.05) is 5.43 Å². The number of hydrazine groups is 1. The number of aliphatic hydroxyl groups is 1. The van der Waals surface area contributed by atoms with Gasteiger partial charge in [0.25, 0.3) is 0 Å². The zero-order chi connectivity index (χ0) is 17.5. The van der Waals surface area contributed by atoms with Gasteiger partial charge in [0.1, 0.15) is 12.1 Å². The minimum Gasteiger partial charge on any atom is -0.480 e. The molecule has 0 aliphatic heterocycles. The third kappa shape index (κ3) is 4.92. The van der Waals surface area contributed by atoms with Gasteiger partial charge in [-0.15, -0.1) is 0 Å². The van der Waals surface area contributed by atoms with E-state index in [0.29, 0.717) is 11.1 Å². The molecule has 0 radical (unpaired) electrons. The summed E-state index contributed by atoms with van der Waals surface area (Å²) in [5, 5.41) is 19.8. The van der Waals surface area contributed by atoms with E-state index in [9.17, 15) is 15.0 Å². The highest BCUT2D eigenvalue weighted by Gasteiger charge is 2.22. The molecule has 4 N–H and O–H groups in total. The summed E-state index contributed by atoms with van der Waals surface area (Å²) in [6, 6.07) is 15.5. The van der Waals surface area contributed by atoms with Crippen molar-refractivity contribution in [1.82, 2.24) is 5.43 Å². The number of para-hydroxylation sites is 1. The summed E-state index contributed by atoms with van der Waals surface area (Å²) < 4.78 is 0.751. The highest BCUT2D eigenvalue weighted by molar-refractivity contribution is 9.10. The fraction of sp³-hybridized carbons (Fsp3) is 0.167. The number of aliphatic carboxylic acids is 1. The van der Waals surface area contributed by atoms with Gasteiger partial charge in [0.15, 0.2) is 0 Å². The van der Waals surface area contributed by atoms with E-state index in [2.05, 4.69) is 33.4 Å². The molecule has 0 aromatic heterocycles. The molecule has 2 atom stereocenters. The average molecular weight is 391 g/mol. The van der Waals surface area contributed by atoms with Gasteiger partial charge in [0, 0.05) is 10.2 Å². The topological polar surface area (TPSA) is 81.6 Å². The number of anilines is 1. The van der Waals surface area contributed by atoms with Crippen molar-refractivity contribution in [1.29, 1.82) is 0 Å². The Hall–Kier alpha value is -2.15. The van der Waals surface area contributed by atoms with Gasteiger partial charge in [0.2, 0.25) is 0 Å². The largest absolute Gasteiger partial charge is 0.480 e. The molecule has 24 heavy (non-hydrogen) atoms. The number of hydrogen-bond donors (Lipinski definition) is 4. The molecule has 2 aromatic rings. The molecule has 0 amide bonds. The van der Waals surface area contributed by atoms with Crippen molar-refractivity contribution < 1.29 is 15.0 Å². The van der Waals surface area contributed by atoms with Gasteiger partial charge in [-0.1, -0.05) is 58.9 Å². The van der Waals surface area contributed by atoms with E-state index in [1.165, 1.54) is 0 Å². The maximum atomic E-state index is 11.4. The lowest BCUT2D eigenvalue weighted by atomic mass is 9.97. The average Bonchev–Trinajstić information content (AvgIpc) is 2.58. The van der Waals surface area contributed by atoms with Crippen LogP contribution in [0.15, 0.2) is 71.2 Å². The van der Waals surface area contributed by atoms with Crippen LogP contribution in [-0.4, -0.2) is 22.2 Å². The van der Waals surface area contributed by atoms with Gasteiger partial charge in [-0.2, -0.15) is 0 Å². The van der Waals surface area contributed by atoms with Crippen molar-refractivity contribution in [2.45, 2.75) is 18.6 Å². The number of carboxylic acid groups (broad SMARTS) is 1. The van der Waals surface area contributed by atoms with E-state index in [1.807, 2.05) is 42.5 Å². The van der Waals surface area contributed by atoms with Gasteiger partial charge in [-0.25, -0.2) is 5.43 Å². The van der Waals surface area contributed by atoms with E-state index in [-0.39, 0.29) is 6.42 Å². The summed E-state index contributed by atoms with van der Waals surface area (Å²) in [7, 11) is 0. The number of halogens is 1. The molecule has 0 heterocycles. The van der Waals surface area contributed by atoms with Crippen LogP contribution in [0.3, 0.4) is 0 Å². The molecular formula is C18H19BrN2O3. The Morgan fingerprint density at radius 2 is 1.75 bits per heavy atom. The molecule has 0 aliphatic rings. The third-order valence-electron chi connectivity index (χ3n) is 3.52. The van der Waals surface area contributed by atoms with E-state index in [0.717, 1.165) is 10.2 Å². The zero-order valence-electron chi connectivity index (χ0n) is 12.9. The van der Waals surface area contributed by atoms with Crippen LogP contribution >= 0.6 is 15.9 Å². The summed E-state index contributed by atoms with van der Waals surface area (Å²) in [6.07, 6.45) is -0.863. The van der Waals surface area contributed by atoms with Crippen LogP contribution < -0.4 is 10.9 Å². The number of benzene rings is 2. The smallest absolute Gasteiger partial charge is 0.322 e. The number of rotatable bonds is 8. The summed E-state index contributed by atoms with van der Waals surface area (Å²) >= 11 is 3.38. The van der Waals surface area contributed by atoms with Crippen molar-refractivity contribution in [2.24, 2.45) is 0 Å². The molecule has 6 heteroatoms. The molecular weight excluding hydrogens is 372 g/mol. The minimum atomic E-state index is -1.03. The molecule has 0 fully saturated rings. The van der Waals surface area contributed by atoms with Gasteiger partial charge >= 0.3 is 5.97 Å². The van der Waals surface area contributed by atoms with Crippen molar-refractivity contribution in [3.05, 3.63) is 76.8 Å². The Balaban J connectivity index is 2.00. The van der Waals surface area contributed by atoms with Gasteiger partial charge in [-0.3, -0.25) is 4.79 Å². The molecule has 0 saturated heterocycles. The second kappa shape index (κ2) is 8.63. The zero-order valence-corrected chi connectivity index (χ0v) is 14.5. The summed E-state index contributed by atoms with van der Waals surface area (Å²) in [6.45, 7) is 3.85. The first-order valence-corrected chi connectivity index (χ1v) is 8.18. The Kier molecular flexibility index (Phi) is 6.54. The van der Waals surface area contributed by atoms with Crippen LogP contribution in [0.2, 0.25) is 0 Å². The highest BCUT2D eigenvalue weighted by Crippen LogP contribution is 2.29. The number of aliphatic hydroxyl groups excluding tert-OH is 1. The monoisotopic (exact) mass is 390 g/mol. The Morgan fingerprint density at radius 1 is 1.12 bits per heavy atom. The Labute approximate surface area is 149 Å². The lowest BCUT2D eigenvalue weighted by molar-refractivity contribution is -0.139. The van der Waals surface area contributed by atoms with Crippen LogP contribution in [0.5, 0.6) is 0 Å². The molecule has 0 bridgehead atoms. The maximum absolute atomic E-state index is 11.4. The lowest BCUT2D eigenvalue weighted by Crippen LogP contribution is -2.40. The molecule has 5 nitrogen and oxygen atoms in total. The van der Waals surface area contributed by atoms with E-state index >= 15 is 0 Å². The van der Waals surface area contributed by atoms with Crippen molar-refractivity contribution in [3.8, 4) is 0 Å². The molecule has 0 aliphatic carbocycles. The van der Waals surface area contributed by atoms with Gasteiger partial charge in [-0.05, 0) is 35.8 Å². The quantitative estimate of drug-likeness (QED) is 0.409. The Morgan fingerprint density at radius 3 is 2.38 bits per heavy atom. The van der Waals surface area contributed by atoms with Gasteiger partial charge in [0.05, 0.1) is 0 Å². The minimum absolute atomic E-state index is 0.0810. The summed E-state index contributed by atoms with van der Waals surface area (Å²) in [5.74, 6) is -1.03. The van der Waals surface area contributed by atoms with E-state index in [4.69, 9.17) is 0 Å². The van der Waals surface area contributed by atoms with Crippen LogP contribution in [0.4, 0.5) is 5.69 Å². The lowest BCUT2D eigenvalue weighted by Gasteiger charge is -2.21. The second-order valence-corrected chi connectivity index (χ2v) is 6.17. The van der Waals surface area contributed by atoms with Crippen LogP contribution in [0.25, 0.3) is 0 Å². The number of hydrogen-bond acceptors (Lipinski definition) is 4. The SMILES string of the molecule is C=C(CC(NNc1ccccc1)C(=O)O)C(O)c1ccccc1Br. The fourth-order valence-electron chi connectivity index (χ4n) is 2.18. The first-order valence-electron chi connectivity index (χ1n) is 7.38. The van der Waals surface area contributed by atoms with Crippen molar-refractivity contribution in [3.63, 3.8) is 0 Å². The number of carbonyl (C=O) groups is 1. The molecule has 2 rings (SSSR count). The first kappa shape index (κ1) is 18.2.